The van der Waals surface area contributed by atoms with Crippen molar-refractivity contribution < 1.29 is 0 Å². The van der Waals surface area contributed by atoms with Crippen molar-refractivity contribution in [1.29, 1.82) is 0 Å². The molecule has 6 nitrogen and oxygen atoms in total. The van der Waals surface area contributed by atoms with Gasteiger partial charge in [-0.15, -0.1) is 24.0 Å². The molecule has 1 aromatic rings. The molecule has 0 amide bonds. The molecule has 0 radical (unpaired) electrons. The van der Waals surface area contributed by atoms with Gasteiger partial charge in [-0.2, -0.15) is 11.8 Å². The van der Waals surface area contributed by atoms with Gasteiger partial charge in [0.05, 0.1) is 12.4 Å². The highest BCUT2D eigenvalue weighted by Gasteiger charge is 2.28. The first-order chi connectivity index (χ1) is 11.8. The molecule has 0 aromatic carbocycles. The van der Waals surface area contributed by atoms with Crippen LogP contribution in [0.5, 0.6) is 0 Å². The third kappa shape index (κ3) is 5.75. The van der Waals surface area contributed by atoms with Crippen LogP contribution in [0, 0.1) is 5.92 Å². The fourth-order valence-corrected chi connectivity index (χ4v) is 4.56. The van der Waals surface area contributed by atoms with Crippen molar-refractivity contribution in [2.45, 2.75) is 19.4 Å². The lowest BCUT2D eigenvalue weighted by atomic mass is 9.93. The molecule has 0 bridgehead atoms. The van der Waals surface area contributed by atoms with Crippen LogP contribution in [0.4, 0.5) is 0 Å². The third-order valence-corrected chi connectivity index (χ3v) is 6.10. The zero-order chi connectivity index (χ0) is 16.8. The molecule has 2 fully saturated rings. The highest BCUT2D eigenvalue weighted by atomic mass is 127. The highest BCUT2D eigenvalue weighted by Crippen LogP contribution is 2.27. The van der Waals surface area contributed by atoms with Crippen LogP contribution >= 0.6 is 35.7 Å². The van der Waals surface area contributed by atoms with E-state index in [1.165, 1.54) is 31.0 Å². The van der Waals surface area contributed by atoms with Crippen LogP contribution in [-0.4, -0.2) is 83.1 Å². The maximum absolute atomic E-state index is 4.52. The van der Waals surface area contributed by atoms with Crippen LogP contribution < -0.4 is 5.32 Å². The van der Waals surface area contributed by atoms with Gasteiger partial charge in [0.2, 0.25) is 0 Å². The van der Waals surface area contributed by atoms with E-state index in [0.29, 0.717) is 12.0 Å². The number of aromatic nitrogens is 2. The molecule has 3 heterocycles. The zero-order valence-corrected chi connectivity index (χ0v) is 18.5. The molecular formula is C17H31IN6S. The maximum atomic E-state index is 4.52. The summed E-state index contributed by atoms with van der Waals surface area (Å²) in [5, 5.41) is 3.57. The van der Waals surface area contributed by atoms with E-state index in [2.05, 4.69) is 54.5 Å². The molecule has 1 aromatic heterocycles. The molecule has 142 valence electrons. The first kappa shape index (κ1) is 20.8. The van der Waals surface area contributed by atoms with Gasteiger partial charge in [0, 0.05) is 70.2 Å². The van der Waals surface area contributed by atoms with Crippen molar-refractivity contribution in [2.24, 2.45) is 10.9 Å². The summed E-state index contributed by atoms with van der Waals surface area (Å²) < 4.78 is 2.25. The average Bonchev–Trinajstić information content (AvgIpc) is 3.15. The number of thioether (sulfide) groups is 1. The number of halogens is 1. The number of rotatable bonds is 4. The number of nitrogens with one attached hydrogen (secondary N) is 1. The van der Waals surface area contributed by atoms with E-state index in [0.717, 1.165) is 32.1 Å². The lowest BCUT2D eigenvalue weighted by Crippen LogP contribution is -2.50. The minimum absolute atomic E-state index is 0. The van der Waals surface area contributed by atoms with Gasteiger partial charge in [-0.3, -0.25) is 9.89 Å². The minimum atomic E-state index is 0. The standard InChI is InChI=1S/C17H30N6S.HI/c1-15-3-6-22(13-16(15)23-8-4-19-14-23)17(18-2)20-5-7-21-9-11-24-12-10-21;/h4,8,14-16H,3,5-7,9-13H2,1-2H3,(H,18,20);1H. The first-order valence-electron chi connectivity index (χ1n) is 9.01. The van der Waals surface area contributed by atoms with Gasteiger partial charge in [-0.05, 0) is 12.3 Å². The summed E-state index contributed by atoms with van der Waals surface area (Å²) in [6.07, 6.45) is 7.08. The average molecular weight is 478 g/mol. The molecule has 2 aliphatic rings. The van der Waals surface area contributed by atoms with E-state index in [9.17, 15) is 0 Å². The topological polar surface area (TPSA) is 48.7 Å². The van der Waals surface area contributed by atoms with E-state index >= 15 is 0 Å². The third-order valence-electron chi connectivity index (χ3n) is 5.15. The number of aliphatic imine (C=N–C) groups is 1. The fraction of sp³-hybridized carbons (Fsp3) is 0.765. The minimum Gasteiger partial charge on any atom is -0.355 e. The van der Waals surface area contributed by atoms with Crippen LogP contribution in [-0.2, 0) is 0 Å². The Balaban J connectivity index is 0.00000225. The molecule has 2 aliphatic heterocycles. The van der Waals surface area contributed by atoms with E-state index in [-0.39, 0.29) is 24.0 Å². The van der Waals surface area contributed by atoms with Crippen LogP contribution in [0.3, 0.4) is 0 Å². The fourth-order valence-electron chi connectivity index (χ4n) is 3.58. The first-order valence-corrected chi connectivity index (χ1v) is 10.2. The van der Waals surface area contributed by atoms with Crippen LogP contribution in [0.15, 0.2) is 23.7 Å². The summed E-state index contributed by atoms with van der Waals surface area (Å²) in [5.41, 5.74) is 0. The summed E-state index contributed by atoms with van der Waals surface area (Å²) in [5.74, 6) is 4.24. The van der Waals surface area contributed by atoms with E-state index in [1.54, 1.807) is 0 Å². The molecule has 1 N–H and O–H groups in total. The van der Waals surface area contributed by atoms with Crippen molar-refractivity contribution >= 4 is 41.7 Å². The van der Waals surface area contributed by atoms with Crippen molar-refractivity contribution in [3.63, 3.8) is 0 Å². The van der Waals surface area contributed by atoms with Crippen LogP contribution in [0.25, 0.3) is 0 Å². The monoisotopic (exact) mass is 478 g/mol. The number of likely N-dealkylation sites (tertiary alicyclic amines) is 1. The van der Waals surface area contributed by atoms with Crippen molar-refractivity contribution in [2.75, 3.05) is 57.8 Å². The second-order valence-corrected chi connectivity index (χ2v) is 7.94. The Morgan fingerprint density at radius 3 is 2.80 bits per heavy atom. The predicted octanol–water partition coefficient (Wildman–Crippen LogP) is 2.01. The summed E-state index contributed by atoms with van der Waals surface area (Å²) in [6, 6.07) is 0.471. The van der Waals surface area contributed by atoms with Crippen molar-refractivity contribution in [1.82, 2.24) is 24.7 Å². The maximum Gasteiger partial charge on any atom is 0.193 e. The molecule has 0 spiro atoms. The molecule has 8 heteroatoms. The van der Waals surface area contributed by atoms with Crippen molar-refractivity contribution in [3.05, 3.63) is 18.7 Å². The Labute approximate surface area is 172 Å². The lowest BCUT2D eigenvalue weighted by molar-refractivity contribution is 0.188. The smallest absolute Gasteiger partial charge is 0.193 e. The Morgan fingerprint density at radius 2 is 2.12 bits per heavy atom. The molecule has 2 saturated heterocycles. The summed E-state index contributed by atoms with van der Waals surface area (Å²) in [6.45, 7) is 8.92. The Bertz CT molecular complexity index is 517. The van der Waals surface area contributed by atoms with Crippen LogP contribution in [0.2, 0.25) is 0 Å². The highest BCUT2D eigenvalue weighted by molar-refractivity contribution is 14.0. The molecule has 25 heavy (non-hydrogen) atoms. The number of guanidine groups is 1. The Hall–Kier alpha value is -0.480. The molecular weight excluding hydrogens is 447 g/mol. The second-order valence-electron chi connectivity index (χ2n) is 6.72. The molecule has 0 saturated carbocycles. The van der Waals surface area contributed by atoms with Gasteiger partial charge >= 0.3 is 0 Å². The van der Waals surface area contributed by atoms with Crippen molar-refractivity contribution in [3.8, 4) is 0 Å². The lowest BCUT2D eigenvalue weighted by Gasteiger charge is -2.39. The number of hydrogen-bond acceptors (Lipinski definition) is 4. The Morgan fingerprint density at radius 1 is 1.32 bits per heavy atom. The molecule has 2 unspecified atom stereocenters. The zero-order valence-electron chi connectivity index (χ0n) is 15.3. The van der Waals surface area contributed by atoms with Crippen LogP contribution in [0.1, 0.15) is 19.4 Å². The SMILES string of the molecule is CN=C(NCCN1CCSCC1)N1CCC(C)C(n2ccnc2)C1.I. The number of hydrogen-bond donors (Lipinski definition) is 1. The van der Waals surface area contributed by atoms with E-state index in [4.69, 9.17) is 0 Å². The van der Waals surface area contributed by atoms with E-state index in [1.807, 2.05) is 19.6 Å². The predicted molar refractivity (Wildman–Crippen MR) is 117 cm³/mol. The van der Waals surface area contributed by atoms with Gasteiger partial charge < -0.3 is 14.8 Å². The summed E-state index contributed by atoms with van der Waals surface area (Å²) >= 11 is 2.06. The van der Waals surface area contributed by atoms with E-state index < -0.39 is 0 Å². The summed E-state index contributed by atoms with van der Waals surface area (Å²) in [4.78, 5) is 13.7. The van der Waals surface area contributed by atoms with Gasteiger partial charge in [-0.1, -0.05) is 6.92 Å². The normalized spacial score (nSPS) is 25.5. The van der Waals surface area contributed by atoms with Gasteiger partial charge in [0.15, 0.2) is 5.96 Å². The van der Waals surface area contributed by atoms with Gasteiger partial charge in [0.25, 0.3) is 0 Å². The second kappa shape index (κ2) is 10.6. The molecule has 3 rings (SSSR count). The van der Waals surface area contributed by atoms with Gasteiger partial charge in [-0.25, -0.2) is 4.98 Å². The molecule has 2 atom stereocenters. The Kier molecular flexibility index (Phi) is 8.84. The number of piperidine rings is 1. The number of imidazole rings is 1. The van der Waals surface area contributed by atoms with Gasteiger partial charge in [0.1, 0.15) is 0 Å². The largest absolute Gasteiger partial charge is 0.355 e. The summed E-state index contributed by atoms with van der Waals surface area (Å²) in [7, 11) is 1.89. The number of nitrogens with zero attached hydrogens (tertiary/aromatic N) is 5. The quantitative estimate of drug-likeness (QED) is 0.408. The molecule has 0 aliphatic carbocycles.